The van der Waals surface area contributed by atoms with Gasteiger partial charge in [0.2, 0.25) is 5.91 Å². The second-order valence-corrected chi connectivity index (χ2v) is 6.39. The zero-order valence-electron chi connectivity index (χ0n) is 14.7. The lowest BCUT2D eigenvalue weighted by Gasteiger charge is -2.33. The molecule has 0 spiro atoms. The number of hydrazine groups is 1. The number of nitrogens with two attached hydrogens (primary N) is 1. The van der Waals surface area contributed by atoms with Crippen LogP contribution in [0.25, 0.3) is 0 Å². The highest BCUT2D eigenvalue weighted by molar-refractivity contribution is 5.86. The molecule has 0 bridgehead atoms. The van der Waals surface area contributed by atoms with E-state index in [0.29, 0.717) is 17.8 Å². The Morgan fingerprint density at radius 2 is 1.71 bits per heavy atom. The highest BCUT2D eigenvalue weighted by Gasteiger charge is 2.25. The summed E-state index contributed by atoms with van der Waals surface area (Å²) in [6.07, 6.45) is 1.75. The van der Waals surface area contributed by atoms with Gasteiger partial charge >= 0.3 is 0 Å². The monoisotopic (exact) mass is 326 g/mol. The molecule has 1 aromatic heterocycles. The van der Waals surface area contributed by atoms with Crippen LogP contribution in [0.5, 0.6) is 0 Å². The maximum atomic E-state index is 12.4. The molecule has 128 valence electrons. The van der Waals surface area contributed by atoms with Crippen molar-refractivity contribution >= 4 is 11.6 Å². The number of nitrogens with zero attached hydrogens (tertiary/aromatic N) is 2. The summed E-state index contributed by atoms with van der Waals surface area (Å²) in [6.45, 7) is 8.62. The van der Waals surface area contributed by atoms with Gasteiger partial charge in [-0.3, -0.25) is 15.2 Å². The molecule has 1 amide bonds. The Kier molecular flexibility index (Phi) is 5.93. The first kappa shape index (κ1) is 17.9. The number of amides is 1. The van der Waals surface area contributed by atoms with E-state index in [-0.39, 0.29) is 5.91 Å². The third-order valence-corrected chi connectivity index (χ3v) is 4.01. The number of carbonyl (C=O) groups is 1. The van der Waals surface area contributed by atoms with E-state index >= 15 is 0 Å². The molecule has 5 nitrogen and oxygen atoms in total. The highest BCUT2D eigenvalue weighted by atomic mass is 16.2. The first-order valence-corrected chi connectivity index (χ1v) is 8.25. The smallest absolute Gasteiger partial charge is 0.247 e. The van der Waals surface area contributed by atoms with Gasteiger partial charge in [-0.15, -0.1) is 0 Å². The summed E-state index contributed by atoms with van der Waals surface area (Å²) >= 11 is 0. The average Bonchev–Trinajstić information content (AvgIpc) is 2.55. The Bertz CT molecular complexity index is 662. The molecular weight excluding hydrogens is 300 g/mol. The summed E-state index contributed by atoms with van der Waals surface area (Å²) in [5.74, 6) is 4.60. The number of benzene rings is 1. The van der Waals surface area contributed by atoms with E-state index < -0.39 is 5.92 Å². The second-order valence-electron chi connectivity index (χ2n) is 6.39. The topological polar surface area (TPSA) is 71.2 Å². The summed E-state index contributed by atoms with van der Waals surface area (Å²) in [4.78, 5) is 19.1. The van der Waals surface area contributed by atoms with Crippen LogP contribution in [0.4, 0.5) is 5.69 Å². The van der Waals surface area contributed by atoms with E-state index in [0.717, 1.165) is 11.3 Å². The molecule has 0 saturated heterocycles. The largest absolute Gasteiger partial charge is 0.367 e. The predicted octanol–water partition coefficient (Wildman–Crippen LogP) is 2.83. The number of nitrogens with one attached hydrogen (secondary N) is 1. The van der Waals surface area contributed by atoms with Gasteiger partial charge in [-0.25, -0.2) is 5.84 Å². The van der Waals surface area contributed by atoms with E-state index in [1.54, 1.807) is 6.20 Å². The van der Waals surface area contributed by atoms with E-state index in [1.165, 1.54) is 0 Å². The van der Waals surface area contributed by atoms with Crippen LogP contribution in [-0.4, -0.2) is 23.0 Å². The summed E-state index contributed by atoms with van der Waals surface area (Å²) in [7, 11) is 0. The quantitative estimate of drug-likeness (QED) is 0.486. The van der Waals surface area contributed by atoms with Gasteiger partial charge in [-0.05, 0) is 45.4 Å². The second kappa shape index (κ2) is 7.93. The lowest BCUT2D eigenvalue weighted by Crippen LogP contribution is -2.38. The third-order valence-electron chi connectivity index (χ3n) is 4.01. The summed E-state index contributed by atoms with van der Waals surface area (Å²) < 4.78 is 0. The molecular formula is C19H26N4O. The van der Waals surface area contributed by atoms with Crippen molar-refractivity contribution in [1.82, 2.24) is 10.4 Å². The van der Waals surface area contributed by atoms with Crippen LogP contribution in [0.15, 0.2) is 48.7 Å². The van der Waals surface area contributed by atoms with Crippen molar-refractivity contribution in [2.24, 2.45) is 5.84 Å². The number of hydrogen-bond donors (Lipinski definition) is 2. The SMILES string of the molecule is CC(C)N(c1ccnc(C(C(=O)NN)c2ccccc2)c1)C(C)C. The average molecular weight is 326 g/mol. The van der Waals surface area contributed by atoms with Crippen molar-refractivity contribution in [2.75, 3.05) is 4.90 Å². The van der Waals surface area contributed by atoms with Gasteiger partial charge in [0.05, 0.1) is 5.69 Å². The van der Waals surface area contributed by atoms with Crippen LogP contribution in [0, 0.1) is 0 Å². The zero-order valence-corrected chi connectivity index (χ0v) is 14.7. The molecule has 3 N–H and O–H groups in total. The van der Waals surface area contributed by atoms with Gasteiger partial charge in [0.1, 0.15) is 5.92 Å². The minimum atomic E-state index is -0.530. The van der Waals surface area contributed by atoms with Gasteiger partial charge in [-0.2, -0.15) is 0 Å². The number of rotatable bonds is 6. The molecule has 0 fully saturated rings. The normalized spacial score (nSPS) is 12.3. The van der Waals surface area contributed by atoms with Crippen LogP contribution in [0.2, 0.25) is 0 Å². The Morgan fingerprint density at radius 3 is 2.25 bits per heavy atom. The molecule has 0 aliphatic heterocycles. The first-order valence-electron chi connectivity index (χ1n) is 8.25. The fourth-order valence-corrected chi connectivity index (χ4v) is 3.13. The molecule has 24 heavy (non-hydrogen) atoms. The Balaban J connectivity index is 2.48. The number of anilines is 1. The molecule has 0 saturated carbocycles. The van der Waals surface area contributed by atoms with E-state index in [1.807, 2.05) is 42.5 Å². The van der Waals surface area contributed by atoms with Gasteiger partial charge in [0.25, 0.3) is 0 Å². The van der Waals surface area contributed by atoms with Crippen LogP contribution in [-0.2, 0) is 4.79 Å². The summed E-state index contributed by atoms with van der Waals surface area (Å²) in [6, 6.07) is 14.2. The molecule has 0 radical (unpaired) electrons. The van der Waals surface area contributed by atoms with Crippen molar-refractivity contribution < 1.29 is 4.79 Å². The van der Waals surface area contributed by atoms with Crippen LogP contribution >= 0.6 is 0 Å². The molecule has 5 heteroatoms. The molecule has 0 aliphatic rings. The standard InChI is InChI=1S/C19H26N4O/c1-13(2)23(14(3)4)16-10-11-21-17(12-16)18(19(24)22-20)15-8-6-5-7-9-15/h5-14,18H,20H2,1-4H3,(H,22,24). The molecule has 2 rings (SSSR count). The fourth-order valence-electron chi connectivity index (χ4n) is 3.13. The number of carbonyl (C=O) groups excluding carboxylic acids is 1. The Labute approximate surface area is 143 Å². The van der Waals surface area contributed by atoms with Crippen molar-refractivity contribution in [1.29, 1.82) is 0 Å². The van der Waals surface area contributed by atoms with Crippen molar-refractivity contribution in [3.63, 3.8) is 0 Å². The number of pyridine rings is 1. The highest BCUT2D eigenvalue weighted by Crippen LogP contribution is 2.28. The van der Waals surface area contributed by atoms with E-state index in [9.17, 15) is 4.79 Å². The van der Waals surface area contributed by atoms with Crippen LogP contribution in [0.3, 0.4) is 0 Å². The zero-order chi connectivity index (χ0) is 17.7. The predicted molar refractivity (Wildman–Crippen MR) is 97.6 cm³/mol. The van der Waals surface area contributed by atoms with Crippen molar-refractivity contribution in [2.45, 2.75) is 45.7 Å². The lowest BCUT2D eigenvalue weighted by atomic mass is 9.94. The molecule has 1 unspecified atom stereocenters. The maximum absolute atomic E-state index is 12.4. The Morgan fingerprint density at radius 1 is 1.08 bits per heavy atom. The van der Waals surface area contributed by atoms with Gasteiger partial charge in [0, 0.05) is 24.0 Å². The van der Waals surface area contributed by atoms with Crippen molar-refractivity contribution in [3.8, 4) is 0 Å². The lowest BCUT2D eigenvalue weighted by molar-refractivity contribution is -0.121. The minimum absolute atomic E-state index is 0.272. The molecule has 1 atom stereocenters. The van der Waals surface area contributed by atoms with Crippen LogP contribution in [0.1, 0.15) is 44.9 Å². The van der Waals surface area contributed by atoms with E-state index in [2.05, 4.69) is 43.0 Å². The van der Waals surface area contributed by atoms with Gasteiger partial charge in [-0.1, -0.05) is 30.3 Å². The maximum Gasteiger partial charge on any atom is 0.247 e. The number of hydrogen-bond acceptors (Lipinski definition) is 4. The van der Waals surface area contributed by atoms with Crippen LogP contribution < -0.4 is 16.2 Å². The molecule has 1 heterocycles. The summed E-state index contributed by atoms with van der Waals surface area (Å²) in [5, 5.41) is 0. The third kappa shape index (κ3) is 3.92. The molecule has 1 aromatic carbocycles. The first-order chi connectivity index (χ1) is 11.5. The van der Waals surface area contributed by atoms with Crippen molar-refractivity contribution in [3.05, 3.63) is 59.9 Å². The van der Waals surface area contributed by atoms with E-state index in [4.69, 9.17) is 5.84 Å². The Hall–Kier alpha value is -2.40. The molecule has 2 aromatic rings. The fraction of sp³-hybridized carbons (Fsp3) is 0.368. The van der Waals surface area contributed by atoms with Gasteiger partial charge in [0.15, 0.2) is 0 Å². The number of aromatic nitrogens is 1. The van der Waals surface area contributed by atoms with Gasteiger partial charge < -0.3 is 4.90 Å². The minimum Gasteiger partial charge on any atom is -0.367 e. The molecule has 0 aliphatic carbocycles. The summed E-state index contributed by atoms with van der Waals surface area (Å²) in [5.41, 5.74) is 4.87.